The summed E-state index contributed by atoms with van der Waals surface area (Å²) in [5.74, 6) is 1.44. The molecule has 2 aliphatic rings. The van der Waals surface area contributed by atoms with E-state index in [4.69, 9.17) is 5.73 Å². The molecule has 0 saturated heterocycles. The van der Waals surface area contributed by atoms with Gasteiger partial charge in [-0.3, -0.25) is 0 Å². The summed E-state index contributed by atoms with van der Waals surface area (Å²) in [6.07, 6.45) is 7.80. The summed E-state index contributed by atoms with van der Waals surface area (Å²) in [4.78, 5) is 2.70. The molecular formula is C19H30N2. The fourth-order valence-corrected chi connectivity index (χ4v) is 4.90. The number of benzene rings is 1. The second-order valence-corrected chi connectivity index (χ2v) is 7.29. The zero-order valence-electron chi connectivity index (χ0n) is 13.6. The van der Waals surface area contributed by atoms with Crippen LogP contribution in [0.1, 0.15) is 51.5 Å². The molecule has 1 heterocycles. The van der Waals surface area contributed by atoms with Crippen LogP contribution in [0.25, 0.3) is 0 Å². The highest BCUT2D eigenvalue weighted by atomic mass is 15.2. The number of para-hydroxylation sites is 1. The molecule has 0 radical (unpaired) electrons. The Hall–Kier alpha value is -1.02. The van der Waals surface area contributed by atoms with E-state index in [0.717, 1.165) is 12.5 Å². The van der Waals surface area contributed by atoms with Crippen LogP contribution in [0.15, 0.2) is 24.3 Å². The lowest BCUT2D eigenvalue weighted by Gasteiger charge is -2.55. The van der Waals surface area contributed by atoms with Crippen molar-refractivity contribution in [3.63, 3.8) is 0 Å². The van der Waals surface area contributed by atoms with Crippen molar-refractivity contribution in [2.24, 2.45) is 17.6 Å². The monoisotopic (exact) mass is 286 g/mol. The molecule has 1 aromatic rings. The number of aryl methyl sites for hydroxylation is 1. The van der Waals surface area contributed by atoms with E-state index in [-0.39, 0.29) is 5.54 Å². The van der Waals surface area contributed by atoms with E-state index in [1.165, 1.54) is 56.3 Å². The molecule has 3 rings (SSSR count). The van der Waals surface area contributed by atoms with Gasteiger partial charge in [-0.1, -0.05) is 44.9 Å². The third-order valence-corrected chi connectivity index (χ3v) is 5.87. The first kappa shape index (κ1) is 14.9. The SMILES string of the molecule is CC(C)C1CCCCC1(CN)N1CCCc2ccccc21. The Balaban J connectivity index is 2.03. The second-order valence-electron chi connectivity index (χ2n) is 7.29. The predicted octanol–water partition coefficient (Wildman–Crippen LogP) is 3.98. The van der Waals surface area contributed by atoms with Gasteiger partial charge in [0.2, 0.25) is 0 Å². The van der Waals surface area contributed by atoms with E-state index in [2.05, 4.69) is 43.0 Å². The zero-order valence-corrected chi connectivity index (χ0v) is 13.6. The van der Waals surface area contributed by atoms with Crippen LogP contribution in [0.3, 0.4) is 0 Å². The Morgan fingerprint density at radius 1 is 1.24 bits per heavy atom. The van der Waals surface area contributed by atoms with Crippen molar-refractivity contribution in [2.45, 2.75) is 57.9 Å². The first-order chi connectivity index (χ1) is 10.2. The fraction of sp³-hybridized carbons (Fsp3) is 0.684. The molecule has 1 saturated carbocycles. The highest BCUT2D eigenvalue weighted by Crippen LogP contribution is 2.45. The maximum Gasteiger partial charge on any atom is 0.0554 e. The predicted molar refractivity (Wildman–Crippen MR) is 90.7 cm³/mol. The number of hydrogen-bond acceptors (Lipinski definition) is 2. The molecule has 0 amide bonds. The van der Waals surface area contributed by atoms with Gasteiger partial charge in [-0.25, -0.2) is 0 Å². The Kier molecular flexibility index (Phi) is 4.26. The molecule has 2 unspecified atom stereocenters. The van der Waals surface area contributed by atoms with E-state index in [0.29, 0.717) is 5.92 Å². The van der Waals surface area contributed by atoms with Crippen molar-refractivity contribution < 1.29 is 0 Å². The molecule has 116 valence electrons. The Morgan fingerprint density at radius 2 is 2.05 bits per heavy atom. The summed E-state index contributed by atoms with van der Waals surface area (Å²) in [5, 5.41) is 0. The van der Waals surface area contributed by atoms with Crippen molar-refractivity contribution in [2.75, 3.05) is 18.0 Å². The summed E-state index contributed by atoms with van der Waals surface area (Å²) < 4.78 is 0. The van der Waals surface area contributed by atoms with Crippen LogP contribution in [-0.4, -0.2) is 18.6 Å². The van der Waals surface area contributed by atoms with E-state index >= 15 is 0 Å². The van der Waals surface area contributed by atoms with Crippen molar-refractivity contribution in [3.8, 4) is 0 Å². The van der Waals surface area contributed by atoms with Crippen LogP contribution in [0, 0.1) is 11.8 Å². The van der Waals surface area contributed by atoms with Crippen molar-refractivity contribution in [1.82, 2.24) is 0 Å². The Morgan fingerprint density at radius 3 is 2.81 bits per heavy atom. The molecule has 2 atom stereocenters. The lowest BCUT2D eigenvalue weighted by Crippen LogP contribution is -2.62. The molecule has 21 heavy (non-hydrogen) atoms. The van der Waals surface area contributed by atoms with Gasteiger partial charge in [0.1, 0.15) is 0 Å². The Bertz CT molecular complexity index is 482. The van der Waals surface area contributed by atoms with Gasteiger partial charge >= 0.3 is 0 Å². The second kappa shape index (κ2) is 6.00. The van der Waals surface area contributed by atoms with Gasteiger partial charge < -0.3 is 10.6 Å². The minimum Gasteiger partial charge on any atom is -0.364 e. The molecule has 1 aromatic carbocycles. The molecule has 0 spiro atoms. The van der Waals surface area contributed by atoms with Gasteiger partial charge in [-0.05, 0) is 49.1 Å². The molecule has 2 heteroatoms. The molecular weight excluding hydrogens is 256 g/mol. The number of hydrogen-bond donors (Lipinski definition) is 1. The highest BCUT2D eigenvalue weighted by Gasteiger charge is 2.46. The molecule has 1 aliphatic heterocycles. The van der Waals surface area contributed by atoms with Crippen molar-refractivity contribution in [3.05, 3.63) is 29.8 Å². The smallest absolute Gasteiger partial charge is 0.0554 e. The number of anilines is 1. The largest absolute Gasteiger partial charge is 0.364 e. The highest BCUT2D eigenvalue weighted by molar-refractivity contribution is 5.58. The van der Waals surface area contributed by atoms with E-state index in [1.807, 2.05) is 0 Å². The number of nitrogens with zero attached hydrogens (tertiary/aromatic N) is 1. The van der Waals surface area contributed by atoms with Gasteiger partial charge in [-0.2, -0.15) is 0 Å². The van der Waals surface area contributed by atoms with Crippen LogP contribution in [0.4, 0.5) is 5.69 Å². The average Bonchev–Trinajstić information content (AvgIpc) is 2.54. The Labute approximate surface area is 129 Å². The van der Waals surface area contributed by atoms with Gasteiger partial charge in [0.25, 0.3) is 0 Å². The normalized spacial score (nSPS) is 29.5. The molecule has 1 fully saturated rings. The van der Waals surface area contributed by atoms with E-state index < -0.39 is 0 Å². The summed E-state index contributed by atoms with van der Waals surface area (Å²) in [6.45, 7) is 6.74. The fourth-order valence-electron chi connectivity index (χ4n) is 4.90. The molecule has 2 nitrogen and oxygen atoms in total. The van der Waals surface area contributed by atoms with Gasteiger partial charge in [0, 0.05) is 18.8 Å². The van der Waals surface area contributed by atoms with Crippen LogP contribution in [0.5, 0.6) is 0 Å². The lowest BCUT2D eigenvalue weighted by molar-refractivity contribution is 0.134. The molecule has 2 N–H and O–H groups in total. The zero-order chi connectivity index (χ0) is 14.9. The minimum absolute atomic E-state index is 0.183. The number of nitrogens with two attached hydrogens (primary N) is 1. The number of rotatable bonds is 3. The third-order valence-electron chi connectivity index (χ3n) is 5.87. The van der Waals surface area contributed by atoms with E-state index in [9.17, 15) is 0 Å². The first-order valence-corrected chi connectivity index (χ1v) is 8.74. The minimum atomic E-state index is 0.183. The molecule has 0 bridgehead atoms. The molecule has 1 aliphatic carbocycles. The molecule has 0 aromatic heterocycles. The summed E-state index contributed by atoms with van der Waals surface area (Å²) in [5.41, 5.74) is 9.57. The van der Waals surface area contributed by atoms with Gasteiger partial charge in [0.05, 0.1) is 5.54 Å². The maximum absolute atomic E-state index is 6.41. The van der Waals surface area contributed by atoms with Gasteiger partial charge in [0.15, 0.2) is 0 Å². The van der Waals surface area contributed by atoms with Crippen LogP contribution in [-0.2, 0) is 6.42 Å². The summed E-state index contributed by atoms with van der Waals surface area (Å²) in [7, 11) is 0. The van der Waals surface area contributed by atoms with Crippen LogP contribution >= 0.6 is 0 Å². The topological polar surface area (TPSA) is 29.3 Å². The summed E-state index contributed by atoms with van der Waals surface area (Å²) in [6, 6.07) is 8.99. The number of fused-ring (bicyclic) bond motifs is 1. The third kappa shape index (κ3) is 2.48. The standard InChI is InChI=1S/C19H30N2/c1-15(2)17-10-5-6-12-19(17,14-20)21-13-7-9-16-8-3-4-11-18(16)21/h3-4,8,11,15,17H,5-7,9-10,12-14,20H2,1-2H3. The average molecular weight is 286 g/mol. The van der Waals surface area contributed by atoms with Crippen LogP contribution in [0.2, 0.25) is 0 Å². The van der Waals surface area contributed by atoms with E-state index in [1.54, 1.807) is 0 Å². The van der Waals surface area contributed by atoms with Crippen LogP contribution < -0.4 is 10.6 Å². The maximum atomic E-state index is 6.41. The summed E-state index contributed by atoms with van der Waals surface area (Å²) >= 11 is 0. The van der Waals surface area contributed by atoms with Crippen molar-refractivity contribution in [1.29, 1.82) is 0 Å². The van der Waals surface area contributed by atoms with Crippen molar-refractivity contribution >= 4 is 5.69 Å². The van der Waals surface area contributed by atoms with Gasteiger partial charge in [-0.15, -0.1) is 0 Å². The lowest BCUT2D eigenvalue weighted by atomic mass is 9.66. The quantitative estimate of drug-likeness (QED) is 0.910. The first-order valence-electron chi connectivity index (χ1n) is 8.74.